The average Bonchev–Trinajstić information content (AvgIpc) is 2.79. The fourth-order valence-corrected chi connectivity index (χ4v) is 3.68. The summed E-state index contributed by atoms with van der Waals surface area (Å²) in [7, 11) is 0. The highest BCUT2D eigenvalue weighted by Gasteiger charge is 2.19. The number of hydrogen-bond donors (Lipinski definition) is 1. The third-order valence-electron chi connectivity index (χ3n) is 5.35. The molecule has 0 aromatic carbocycles. The summed E-state index contributed by atoms with van der Waals surface area (Å²) < 4.78 is 0. The van der Waals surface area contributed by atoms with Crippen molar-refractivity contribution in [2.24, 2.45) is 10.7 Å². The molecule has 2 aromatic rings. The zero-order chi connectivity index (χ0) is 19.2. The lowest BCUT2D eigenvalue weighted by Crippen LogP contribution is -2.51. The van der Waals surface area contributed by atoms with E-state index in [1.165, 1.54) is 19.3 Å². The number of anilines is 2. The first-order valence-electron chi connectivity index (χ1n) is 10.1. The third kappa shape index (κ3) is 5.68. The molecule has 4 rings (SSSR count). The van der Waals surface area contributed by atoms with Gasteiger partial charge in [-0.3, -0.25) is 0 Å². The summed E-state index contributed by atoms with van der Waals surface area (Å²) in [5.41, 5.74) is 7.31. The van der Waals surface area contributed by atoms with E-state index in [0.717, 1.165) is 56.6 Å². The van der Waals surface area contributed by atoms with Gasteiger partial charge in [0.1, 0.15) is 5.82 Å². The van der Waals surface area contributed by atoms with Gasteiger partial charge in [0.25, 0.3) is 0 Å². The Morgan fingerprint density at radius 1 is 0.897 bits per heavy atom. The van der Waals surface area contributed by atoms with Crippen molar-refractivity contribution in [3.05, 3.63) is 42.4 Å². The molecule has 2 aliphatic rings. The van der Waals surface area contributed by atoms with Crippen LogP contribution in [0.2, 0.25) is 0 Å². The van der Waals surface area contributed by atoms with Crippen LogP contribution in [0.25, 0.3) is 0 Å². The van der Waals surface area contributed by atoms with Crippen LogP contribution in [0, 0.1) is 0 Å². The van der Waals surface area contributed by atoms with E-state index in [1.807, 2.05) is 12.3 Å². The molecule has 4 heterocycles. The standard InChI is InChI=1S/C20H28N8.HI/c21-19(27-11-13-28(14-12-27)20-22-7-4-8-23-20)25-16-17-5-6-18(24-15-17)26-9-2-1-3-10-26;/h4-8,15H,1-3,9-14,16H2,(H2,21,25);1H. The van der Waals surface area contributed by atoms with Crippen molar-refractivity contribution in [2.75, 3.05) is 49.1 Å². The topological polar surface area (TPSA) is 86.8 Å². The van der Waals surface area contributed by atoms with Crippen LogP contribution in [0.1, 0.15) is 24.8 Å². The maximum atomic E-state index is 6.22. The number of guanidine groups is 1. The van der Waals surface area contributed by atoms with Gasteiger partial charge in [-0.05, 0) is 37.0 Å². The highest BCUT2D eigenvalue weighted by molar-refractivity contribution is 14.0. The van der Waals surface area contributed by atoms with E-state index in [0.29, 0.717) is 12.5 Å². The van der Waals surface area contributed by atoms with Gasteiger partial charge in [0.2, 0.25) is 5.95 Å². The minimum absolute atomic E-state index is 0. The molecule has 0 aliphatic carbocycles. The van der Waals surface area contributed by atoms with Crippen LogP contribution in [-0.2, 0) is 6.54 Å². The fourth-order valence-electron chi connectivity index (χ4n) is 3.68. The van der Waals surface area contributed by atoms with Crippen LogP contribution in [-0.4, -0.2) is 65.1 Å². The molecule has 9 heteroatoms. The second-order valence-electron chi connectivity index (χ2n) is 7.27. The summed E-state index contributed by atoms with van der Waals surface area (Å²) in [5.74, 6) is 2.44. The van der Waals surface area contributed by atoms with Crippen LogP contribution in [0.3, 0.4) is 0 Å². The van der Waals surface area contributed by atoms with Gasteiger partial charge < -0.3 is 20.4 Å². The Labute approximate surface area is 189 Å². The molecule has 2 aromatic heterocycles. The van der Waals surface area contributed by atoms with Gasteiger partial charge in [0.05, 0.1) is 6.54 Å². The summed E-state index contributed by atoms with van der Waals surface area (Å²) in [6.45, 7) is 6.09. The van der Waals surface area contributed by atoms with Gasteiger partial charge in [-0.15, -0.1) is 24.0 Å². The fraction of sp³-hybridized carbons (Fsp3) is 0.500. The monoisotopic (exact) mass is 508 g/mol. The van der Waals surface area contributed by atoms with Crippen molar-refractivity contribution in [2.45, 2.75) is 25.8 Å². The molecule has 0 amide bonds. The first kappa shape index (κ1) is 21.5. The van der Waals surface area contributed by atoms with Crippen LogP contribution >= 0.6 is 24.0 Å². The van der Waals surface area contributed by atoms with Crippen molar-refractivity contribution in [1.29, 1.82) is 0 Å². The first-order chi connectivity index (χ1) is 13.8. The number of rotatable bonds is 4. The van der Waals surface area contributed by atoms with Crippen molar-refractivity contribution in [1.82, 2.24) is 19.9 Å². The second kappa shape index (κ2) is 10.6. The zero-order valence-electron chi connectivity index (χ0n) is 16.7. The molecule has 0 saturated carbocycles. The van der Waals surface area contributed by atoms with Gasteiger partial charge in [0, 0.05) is 57.9 Å². The summed E-state index contributed by atoms with van der Waals surface area (Å²) in [4.78, 5) is 24.5. The molecule has 2 fully saturated rings. The summed E-state index contributed by atoms with van der Waals surface area (Å²) in [5, 5.41) is 0. The maximum Gasteiger partial charge on any atom is 0.225 e. The molecule has 29 heavy (non-hydrogen) atoms. The van der Waals surface area contributed by atoms with E-state index >= 15 is 0 Å². The van der Waals surface area contributed by atoms with Crippen LogP contribution < -0.4 is 15.5 Å². The number of halogens is 1. The lowest BCUT2D eigenvalue weighted by Gasteiger charge is -2.35. The number of piperazine rings is 1. The Kier molecular flexibility index (Phi) is 7.84. The second-order valence-corrected chi connectivity index (χ2v) is 7.27. The van der Waals surface area contributed by atoms with Crippen LogP contribution in [0.5, 0.6) is 0 Å². The molecule has 0 bridgehead atoms. The van der Waals surface area contributed by atoms with Crippen LogP contribution in [0.15, 0.2) is 41.8 Å². The van der Waals surface area contributed by atoms with Gasteiger partial charge >= 0.3 is 0 Å². The van der Waals surface area contributed by atoms with Crippen LogP contribution in [0.4, 0.5) is 11.8 Å². The molecule has 2 aliphatic heterocycles. The number of pyridine rings is 1. The number of aliphatic imine (C=N–C) groups is 1. The van der Waals surface area contributed by atoms with Crippen molar-refractivity contribution in [3.63, 3.8) is 0 Å². The SMILES string of the molecule is I.NC(=NCc1ccc(N2CCCCC2)nc1)N1CCN(c2ncccn2)CC1. The Hall–Kier alpha value is -2.17. The van der Waals surface area contributed by atoms with Gasteiger partial charge in [-0.2, -0.15) is 0 Å². The highest BCUT2D eigenvalue weighted by atomic mass is 127. The molecular weight excluding hydrogens is 479 g/mol. The molecule has 0 spiro atoms. The number of hydrogen-bond acceptors (Lipinski definition) is 6. The predicted molar refractivity (Wildman–Crippen MR) is 127 cm³/mol. The zero-order valence-corrected chi connectivity index (χ0v) is 19.0. The Morgan fingerprint density at radius 3 is 2.28 bits per heavy atom. The predicted octanol–water partition coefficient (Wildman–Crippen LogP) is 2.12. The number of piperidine rings is 1. The molecule has 0 unspecified atom stereocenters. The summed E-state index contributed by atoms with van der Waals surface area (Å²) in [6, 6.07) is 6.04. The minimum atomic E-state index is 0. The third-order valence-corrected chi connectivity index (χ3v) is 5.35. The quantitative estimate of drug-likeness (QED) is 0.385. The summed E-state index contributed by atoms with van der Waals surface area (Å²) >= 11 is 0. The van der Waals surface area contributed by atoms with Gasteiger partial charge in [-0.25, -0.2) is 19.9 Å². The Morgan fingerprint density at radius 2 is 1.62 bits per heavy atom. The minimum Gasteiger partial charge on any atom is -0.370 e. The van der Waals surface area contributed by atoms with E-state index in [4.69, 9.17) is 5.73 Å². The highest BCUT2D eigenvalue weighted by Crippen LogP contribution is 2.17. The number of nitrogens with zero attached hydrogens (tertiary/aromatic N) is 7. The number of aromatic nitrogens is 3. The first-order valence-corrected chi connectivity index (χ1v) is 10.1. The van der Waals surface area contributed by atoms with Crippen molar-refractivity contribution < 1.29 is 0 Å². The van der Waals surface area contributed by atoms with E-state index < -0.39 is 0 Å². The molecule has 2 N–H and O–H groups in total. The van der Waals surface area contributed by atoms with Gasteiger partial charge in [-0.1, -0.05) is 6.07 Å². The van der Waals surface area contributed by atoms with E-state index in [1.54, 1.807) is 12.4 Å². The smallest absolute Gasteiger partial charge is 0.225 e. The maximum absolute atomic E-state index is 6.22. The molecule has 2 saturated heterocycles. The molecule has 156 valence electrons. The Bertz CT molecular complexity index is 769. The lowest BCUT2D eigenvalue weighted by atomic mass is 10.1. The molecular formula is C20H29IN8. The molecule has 8 nitrogen and oxygen atoms in total. The molecule has 0 radical (unpaired) electrons. The molecule has 0 atom stereocenters. The summed E-state index contributed by atoms with van der Waals surface area (Å²) in [6.07, 6.45) is 9.31. The lowest BCUT2D eigenvalue weighted by molar-refractivity contribution is 0.378. The number of nitrogens with two attached hydrogens (primary N) is 1. The van der Waals surface area contributed by atoms with Gasteiger partial charge in [0.15, 0.2) is 5.96 Å². The normalized spacial score (nSPS) is 17.8. The van der Waals surface area contributed by atoms with Crippen molar-refractivity contribution in [3.8, 4) is 0 Å². The average molecular weight is 508 g/mol. The van der Waals surface area contributed by atoms with E-state index in [-0.39, 0.29) is 24.0 Å². The van der Waals surface area contributed by atoms with E-state index in [9.17, 15) is 0 Å². The van der Waals surface area contributed by atoms with E-state index in [2.05, 4.69) is 46.8 Å². The van der Waals surface area contributed by atoms with Crippen molar-refractivity contribution >= 4 is 41.7 Å². The Balaban J connectivity index is 0.00000240. The largest absolute Gasteiger partial charge is 0.370 e.